The Labute approximate surface area is 221 Å². The van der Waals surface area contributed by atoms with Gasteiger partial charge in [0.1, 0.15) is 12.6 Å². The standard InChI is InChI=1S/C26H27Cl2N3O4S/c1-18-15-22(28)13-14-24(18)31(36(34,35)23-7-5-4-6-8-23)17-25(32)30(19(2)26(33)29-3)16-20-9-11-21(27)12-10-20/h4-15,19H,16-17H2,1-3H3,(H,29,33)/t19-/m1/s1. The highest BCUT2D eigenvalue weighted by Crippen LogP contribution is 2.29. The Morgan fingerprint density at radius 2 is 1.56 bits per heavy atom. The molecule has 1 N–H and O–H groups in total. The summed E-state index contributed by atoms with van der Waals surface area (Å²) in [5.74, 6) is -0.924. The molecule has 3 aromatic rings. The van der Waals surface area contributed by atoms with Crippen LogP contribution >= 0.6 is 23.2 Å². The van der Waals surface area contributed by atoms with Crippen LogP contribution in [0.15, 0.2) is 77.7 Å². The van der Waals surface area contributed by atoms with Gasteiger partial charge in [0.25, 0.3) is 10.0 Å². The van der Waals surface area contributed by atoms with Crippen molar-refractivity contribution in [3.63, 3.8) is 0 Å². The van der Waals surface area contributed by atoms with E-state index in [1.54, 1.807) is 74.5 Å². The molecule has 10 heteroatoms. The van der Waals surface area contributed by atoms with E-state index in [2.05, 4.69) is 5.32 Å². The van der Waals surface area contributed by atoms with E-state index in [0.717, 1.165) is 9.87 Å². The molecule has 36 heavy (non-hydrogen) atoms. The number of sulfonamides is 1. The molecule has 0 aliphatic heterocycles. The number of rotatable bonds is 9. The summed E-state index contributed by atoms with van der Waals surface area (Å²) >= 11 is 12.1. The Kier molecular flexibility index (Phi) is 9.00. The predicted octanol–water partition coefficient (Wildman–Crippen LogP) is 4.66. The Morgan fingerprint density at radius 3 is 2.14 bits per heavy atom. The zero-order valence-corrected chi connectivity index (χ0v) is 22.4. The van der Waals surface area contributed by atoms with Crippen LogP contribution in [0.5, 0.6) is 0 Å². The SMILES string of the molecule is CNC(=O)[C@@H](C)N(Cc1ccc(Cl)cc1)C(=O)CN(c1ccc(Cl)cc1C)S(=O)(=O)c1ccccc1. The van der Waals surface area contributed by atoms with Gasteiger partial charge in [0, 0.05) is 23.6 Å². The molecule has 0 unspecified atom stereocenters. The fourth-order valence-corrected chi connectivity index (χ4v) is 5.56. The van der Waals surface area contributed by atoms with E-state index in [1.165, 1.54) is 24.1 Å². The average Bonchev–Trinajstić information content (AvgIpc) is 2.86. The van der Waals surface area contributed by atoms with Gasteiger partial charge in [-0.1, -0.05) is 53.5 Å². The predicted molar refractivity (Wildman–Crippen MR) is 143 cm³/mol. The first-order valence-electron chi connectivity index (χ1n) is 11.1. The Morgan fingerprint density at radius 1 is 0.944 bits per heavy atom. The van der Waals surface area contributed by atoms with Gasteiger partial charge in [-0.25, -0.2) is 8.42 Å². The number of aryl methyl sites for hydroxylation is 1. The highest BCUT2D eigenvalue weighted by molar-refractivity contribution is 7.92. The number of hydrogen-bond acceptors (Lipinski definition) is 4. The number of anilines is 1. The molecule has 0 saturated heterocycles. The van der Waals surface area contributed by atoms with E-state index in [0.29, 0.717) is 21.3 Å². The Hall–Kier alpha value is -3.07. The molecule has 0 bridgehead atoms. The van der Waals surface area contributed by atoms with Crippen LogP contribution in [0.4, 0.5) is 5.69 Å². The molecule has 0 radical (unpaired) electrons. The first-order valence-corrected chi connectivity index (χ1v) is 13.3. The summed E-state index contributed by atoms with van der Waals surface area (Å²) in [6.45, 7) is 2.88. The van der Waals surface area contributed by atoms with Gasteiger partial charge in [-0.3, -0.25) is 13.9 Å². The molecule has 0 saturated carbocycles. The zero-order chi connectivity index (χ0) is 26.5. The van der Waals surface area contributed by atoms with Crippen molar-refractivity contribution in [2.75, 3.05) is 17.9 Å². The van der Waals surface area contributed by atoms with Crippen molar-refractivity contribution < 1.29 is 18.0 Å². The average molecular weight is 548 g/mol. The number of hydrogen-bond donors (Lipinski definition) is 1. The summed E-state index contributed by atoms with van der Waals surface area (Å²) in [7, 11) is -2.64. The fourth-order valence-electron chi connectivity index (χ4n) is 3.71. The minimum absolute atomic E-state index is 0.0377. The van der Waals surface area contributed by atoms with E-state index in [9.17, 15) is 18.0 Å². The molecular formula is C26H27Cl2N3O4S. The highest BCUT2D eigenvalue weighted by atomic mass is 35.5. The van der Waals surface area contributed by atoms with E-state index < -0.39 is 28.5 Å². The van der Waals surface area contributed by atoms with Gasteiger partial charge in [-0.05, 0) is 67.4 Å². The number of nitrogens with one attached hydrogen (secondary N) is 1. The number of nitrogens with zero attached hydrogens (tertiary/aromatic N) is 2. The summed E-state index contributed by atoms with van der Waals surface area (Å²) < 4.78 is 28.5. The van der Waals surface area contributed by atoms with Crippen molar-refractivity contribution >= 4 is 50.7 Å². The Balaban J connectivity index is 2.05. The molecule has 0 aromatic heterocycles. The fraction of sp³-hybridized carbons (Fsp3) is 0.231. The largest absolute Gasteiger partial charge is 0.357 e. The first-order chi connectivity index (χ1) is 17.0. The van der Waals surface area contributed by atoms with Crippen LogP contribution in [0.2, 0.25) is 10.0 Å². The first kappa shape index (κ1) is 27.5. The number of carbonyl (C=O) groups is 2. The third kappa shape index (κ3) is 6.37. The van der Waals surface area contributed by atoms with E-state index in [-0.39, 0.29) is 17.3 Å². The topological polar surface area (TPSA) is 86.8 Å². The van der Waals surface area contributed by atoms with Gasteiger partial charge in [-0.2, -0.15) is 0 Å². The lowest BCUT2D eigenvalue weighted by Gasteiger charge is -2.32. The molecule has 3 aromatic carbocycles. The van der Waals surface area contributed by atoms with Crippen molar-refractivity contribution in [3.05, 3.63) is 94.0 Å². The summed E-state index contributed by atoms with van der Waals surface area (Å²) in [5, 5.41) is 3.53. The lowest BCUT2D eigenvalue weighted by Crippen LogP contribution is -2.50. The second-order valence-corrected chi connectivity index (χ2v) is 10.9. The number of amides is 2. The van der Waals surface area contributed by atoms with Crippen LogP contribution in [0.3, 0.4) is 0 Å². The van der Waals surface area contributed by atoms with Crippen LogP contribution < -0.4 is 9.62 Å². The summed E-state index contributed by atoms with van der Waals surface area (Å²) in [5.41, 5.74) is 1.64. The maximum absolute atomic E-state index is 13.7. The van der Waals surface area contributed by atoms with Crippen LogP contribution in [0.1, 0.15) is 18.1 Å². The third-order valence-electron chi connectivity index (χ3n) is 5.72. The van der Waals surface area contributed by atoms with E-state index in [1.807, 2.05) is 0 Å². The van der Waals surface area contributed by atoms with Crippen LogP contribution in [0.25, 0.3) is 0 Å². The monoisotopic (exact) mass is 547 g/mol. The quantitative estimate of drug-likeness (QED) is 0.422. The van der Waals surface area contributed by atoms with Gasteiger partial charge in [0.2, 0.25) is 11.8 Å². The lowest BCUT2D eigenvalue weighted by molar-refractivity contribution is -0.139. The second kappa shape index (κ2) is 11.8. The maximum Gasteiger partial charge on any atom is 0.264 e. The molecular weight excluding hydrogens is 521 g/mol. The van der Waals surface area contributed by atoms with E-state index >= 15 is 0 Å². The van der Waals surface area contributed by atoms with Crippen LogP contribution in [0, 0.1) is 6.92 Å². The molecule has 3 rings (SSSR count). The number of carbonyl (C=O) groups excluding carboxylic acids is 2. The van der Waals surface area contributed by atoms with Gasteiger partial charge in [-0.15, -0.1) is 0 Å². The van der Waals surface area contributed by atoms with Crippen molar-refractivity contribution in [1.82, 2.24) is 10.2 Å². The minimum atomic E-state index is -4.12. The number of benzene rings is 3. The molecule has 7 nitrogen and oxygen atoms in total. The molecule has 0 heterocycles. The number of halogens is 2. The highest BCUT2D eigenvalue weighted by Gasteiger charge is 2.32. The molecule has 0 spiro atoms. The number of likely N-dealkylation sites (N-methyl/N-ethyl adjacent to an activating group) is 1. The van der Waals surface area contributed by atoms with Crippen molar-refractivity contribution in [2.24, 2.45) is 0 Å². The zero-order valence-electron chi connectivity index (χ0n) is 20.1. The maximum atomic E-state index is 13.7. The summed E-state index contributed by atoms with van der Waals surface area (Å²) in [6, 6.07) is 18.7. The summed E-state index contributed by atoms with van der Waals surface area (Å²) in [6.07, 6.45) is 0. The lowest BCUT2D eigenvalue weighted by atomic mass is 10.1. The van der Waals surface area contributed by atoms with Gasteiger partial charge < -0.3 is 10.2 Å². The Bertz CT molecular complexity index is 1330. The summed E-state index contributed by atoms with van der Waals surface area (Å²) in [4.78, 5) is 27.6. The second-order valence-electron chi connectivity index (χ2n) is 8.19. The van der Waals surface area contributed by atoms with Crippen molar-refractivity contribution in [3.8, 4) is 0 Å². The minimum Gasteiger partial charge on any atom is -0.357 e. The molecule has 0 aliphatic rings. The van der Waals surface area contributed by atoms with Crippen LogP contribution in [-0.4, -0.2) is 44.8 Å². The molecule has 2 amide bonds. The van der Waals surface area contributed by atoms with Gasteiger partial charge in [0.05, 0.1) is 10.6 Å². The van der Waals surface area contributed by atoms with Crippen molar-refractivity contribution in [2.45, 2.75) is 31.3 Å². The van der Waals surface area contributed by atoms with Gasteiger partial charge >= 0.3 is 0 Å². The third-order valence-corrected chi connectivity index (χ3v) is 7.98. The molecule has 0 aliphatic carbocycles. The smallest absolute Gasteiger partial charge is 0.264 e. The normalized spacial score (nSPS) is 12.0. The molecule has 1 atom stereocenters. The van der Waals surface area contributed by atoms with Crippen LogP contribution in [-0.2, 0) is 26.2 Å². The van der Waals surface area contributed by atoms with E-state index in [4.69, 9.17) is 23.2 Å². The van der Waals surface area contributed by atoms with Gasteiger partial charge in [0.15, 0.2) is 0 Å². The van der Waals surface area contributed by atoms with Crippen molar-refractivity contribution in [1.29, 1.82) is 0 Å². The molecule has 0 fully saturated rings. The molecule has 190 valence electrons.